The Morgan fingerprint density at radius 3 is 2.22 bits per heavy atom. The highest BCUT2D eigenvalue weighted by molar-refractivity contribution is 6.53. The summed E-state index contributed by atoms with van der Waals surface area (Å²) in [6, 6.07) is 19.7. The Hall–Kier alpha value is -4.63. The molecule has 0 aromatic heterocycles. The van der Waals surface area contributed by atoms with Crippen LogP contribution in [-0.2, 0) is 25.5 Å². The standard InChI is InChI=1S/C27H22ClN3O6/c1-36-21-12-10-18(11-13-21)29-22(32)14-16-6-8-19(9-7-16)30-24-23(28)25(33)31(26(24)34)20-5-3-4-17(15-20)27(35)37-2/h3-13,15,30H,14H2,1-2H3,(H,29,32). The van der Waals surface area contributed by atoms with E-state index in [2.05, 4.69) is 10.6 Å². The molecule has 3 aromatic carbocycles. The van der Waals surface area contributed by atoms with E-state index in [-0.39, 0.29) is 34.3 Å². The summed E-state index contributed by atoms with van der Waals surface area (Å²) in [6.07, 6.45) is 0.136. The molecule has 0 unspecified atom stereocenters. The lowest BCUT2D eigenvalue weighted by atomic mass is 10.1. The van der Waals surface area contributed by atoms with E-state index in [0.29, 0.717) is 17.1 Å². The Bertz CT molecular complexity index is 1400. The zero-order chi connectivity index (χ0) is 26.5. The molecule has 1 aliphatic heterocycles. The van der Waals surface area contributed by atoms with Crippen LogP contribution in [0.15, 0.2) is 83.5 Å². The van der Waals surface area contributed by atoms with E-state index in [1.54, 1.807) is 55.6 Å². The van der Waals surface area contributed by atoms with Gasteiger partial charge in [0.15, 0.2) is 0 Å². The number of hydrogen-bond acceptors (Lipinski definition) is 7. The average molecular weight is 520 g/mol. The molecule has 2 N–H and O–H groups in total. The largest absolute Gasteiger partial charge is 0.497 e. The first-order valence-corrected chi connectivity index (χ1v) is 11.5. The summed E-state index contributed by atoms with van der Waals surface area (Å²) in [7, 11) is 2.80. The number of rotatable bonds is 8. The maximum Gasteiger partial charge on any atom is 0.337 e. The van der Waals surface area contributed by atoms with Gasteiger partial charge in [0.2, 0.25) is 5.91 Å². The summed E-state index contributed by atoms with van der Waals surface area (Å²) in [5, 5.41) is 5.42. The molecular weight excluding hydrogens is 498 g/mol. The molecule has 0 saturated heterocycles. The third kappa shape index (κ3) is 5.62. The van der Waals surface area contributed by atoms with Gasteiger partial charge in [-0.15, -0.1) is 0 Å². The monoisotopic (exact) mass is 519 g/mol. The zero-order valence-corrected chi connectivity index (χ0v) is 20.7. The molecule has 10 heteroatoms. The van der Waals surface area contributed by atoms with Gasteiger partial charge in [-0.1, -0.05) is 29.8 Å². The number of methoxy groups -OCH3 is 2. The number of anilines is 3. The molecule has 0 fully saturated rings. The van der Waals surface area contributed by atoms with Crippen molar-refractivity contribution in [1.82, 2.24) is 0 Å². The number of carbonyl (C=O) groups is 4. The fourth-order valence-electron chi connectivity index (χ4n) is 3.65. The molecule has 37 heavy (non-hydrogen) atoms. The summed E-state index contributed by atoms with van der Waals surface area (Å²) < 4.78 is 9.80. The molecule has 0 bridgehead atoms. The predicted octanol–water partition coefficient (Wildman–Crippen LogP) is 4.10. The number of nitrogens with zero attached hydrogens (tertiary/aromatic N) is 1. The third-order valence-corrected chi connectivity index (χ3v) is 5.87. The quantitative estimate of drug-likeness (QED) is 0.340. The maximum atomic E-state index is 13.0. The average Bonchev–Trinajstić information content (AvgIpc) is 3.12. The molecule has 1 aliphatic rings. The fourth-order valence-corrected chi connectivity index (χ4v) is 3.86. The number of imide groups is 1. The number of halogens is 1. The molecule has 188 valence electrons. The van der Waals surface area contributed by atoms with E-state index in [0.717, 1.165) is 10.5 Å². The SMILES string of the molecule is COC(=O)c1cccc(N2C(=O)C(Cl)=C(Nc3ccc(CC(=O)Nc4ccc(OC)cc4)cc3)C2=O)c1. The Morgan fingerprint density at radius 1 is 0.892 bits per heavy atom. The van der Waals surface area contributed by atoms with Crippen molar-refractivity contribution in [2.45, 2.75) is 6.42 Å². The summed E-state index contributed by atoms with van der Waals surface area (Å²) in [4.78, 5) is 50.9. The minimum absolute atomic E-state index is 0.0971. The van der Waals surface area contributed by atoms with Crippen LogP contribution in [0.2, 0.25) is 0 Å². The van der Waals surface area contributed by atoms with Crippen LogP contribution in [0.1, 0.15) is 15.9 Å². The second kappa shape index (κ2) is 11.0. The van der Waals surface area contributed by atoms with E-state index in [9.17, 15) is 19.2 Å². The molecule has 4 rings (SSSR count). The van der Waals surface area contributed by atoms with Gasteiger partial charge in [0.05, 0.1) is 31.9 Å². The van der Waals surface area contributed by atoms with Crippen LogP contribution in [0.4, 0.5) is 17.1 Å². The number of hydrogen-bond donors (Lipinski definition) is 2. The van der Waals surface area contributed by atoms with E-state index in [4.69, 9.17) is 21.1 Å². The van der Waals surface area contributed by atoms with Gasteiger partial charge in [-0.05, 0) is 60.2 Å². The Balaban J connectivity index is 1.42. The van der Waals surface area contributed by atoms with E-state index >= 15 is 0 Å². The Labute approximate surface area is 217 Å². The fraction of sp³-hybridized carbons (Fsp3) is 0.111. The van der Waals surface area contributed by atoms with Gasteiger partial charge >= 0.3 is 5.97 Å². The highest BCUT2D eigenvalue weighted by atomic mass is 35.5. The lowest BCUT2D eigenvalue weighted by Crippen LogP contribution is -2.32. The van der Waals surface area contributed by atoms with Crippen molar-refractivity contribution in [3.8, 4) is 5.75 Å². The number of carbonyl (C=O) groups excluding carboxylic acids is 4. The number of ether oxygens (including phenoxy) is 2. The van der Waals surface area contributed by atoms with Gasteiger partial charge in [-0.25, -0.2) is 9.69 Å². The summed E-state index contributed by atoms with van der Waals surface area (Å²) in [6.45, 7) is 0. The minimum atomic E-state index is -0.719. The van der Waals surface area contributed by atoms with E-state index in [1.165, 1.54) is 31.4 Å². The van der Waals surface area contributed by atoms with Crippen LogP contribution in [0.25, 0.3) is 0 Å². The van der Waals surface area contributed by atoms with Crippen molar-refractivity contribution in [2.75, 3.05) is 29.8 Å². The van der Waals surface area contributed by atoms with Crippen LogP contribution in [0, 0.1) is 0 Å². The topological polar surface area (TPSA) is 114 Å². The first-order valence-electron chi connectivity index (χ1n) is 11.1. The first kappa shape index (κ1) is 25.5. The van der Waals surface area contributed by atoms with Crippen molar-refractivity contribution in [1.29, 1.82) is 0 Å². The molecule has 3 amide bonds. The number of benzene rings is 3. The van der Waals surface area contributed by atoms with Crippen molar-refractivity contribution in [2.24, 2.45) is 0 Å². The van der Waals surface area contributed by atoms with Crippen molar-refractivity contribution in [3.63, 3.8) is 0 Å². The minimum Gasteiger partial charge on any atom is -0.497 e. The molecule has 0 saturated carbocycles. The van der Waals surface area contributed by atoms with Gasteiger partial charge in [0.1, 0.15) is 16.5 Å². The van der Waals surface area contributed by atoms with Gasteiger partial charge in [-0.2, -0.15) is 0 Å². The molecular formula is C27H22ClN3O6. The van der Waals surface area contributed by atoms with Crippen LogP contribution in [-0.4, -0.2) is 37.9 Å². The van der Waals surface area contributed by atoms with Crippen molar-refractivity contribution in [3.05, 3.63) is 94.7 Å². The van der Waals surface area contributed by atoms with Gasteiger partial charge in [-0.3, -0.25) is 14.4 Å². The molecule has 0 spiro atoms. The number of amides is 3. The van der Waals surface area contributed by atoms with E-state index in [1.807, 2.05) is 0 Å². The second-order valence-corrected chi connectivity index (χ2v) is 8.33. The first-order chi connectivity index (χ1) is 17.8. The second-order valence-electron chi connectivity index (χ2n) is 7.95. The molecule has 0 aliphatic carbocycles. The maximum absolute atomic E-state index is 13.0. The highest BCUT2D eigenvalue weighted by Gasteiger charge is 2.39. The van der Waals surface area contributed by atoms with Crippen LogP contribution in [0.5, 0.6) is 5.75 Å². The molecule has 1 heterocycles. The Kier molecular flexibility index (Phi) is 7.55. The smallest absolute Gasteiger partial charge is 0.337 e. The number of nitrogens with one attached hydrogen (secondary N) is 2. The lowest BCUT2D eigenvalue weighted by molar-refractivity contribution is -0.120. The van der Waals surface area contributed by atoms with Gasteiger partial charge in [0.25, 0.3) is 11.8 Å². The third-order valence-electron chi connectivity index (χ3n) is 5.51. The summed E-state index contributed by atoms with van der Waals surface area (Å²) >= 11 is 6.20. The highest BCUT2D eigenvalue weighted by Crippen LogP contribution is 2.30. The predicted molar refractivity (Wildman–Crippen MR) is 139 cm³/mol. The van der Waals surface area contributed by atoms with Crippen LogP contribution < -0.4 is 20.3 Å². The van der Waals surface area contributed by atoms with Gasteiger partial charge in [0, 0.05) is 11.4 Å². The van der Waals surface area contributed by atoms with Crippen molar-refractivity contribution >= 4 is 52.4 Å². The Morgan fingerprint density at radius 2 is 1.57 bits per heavy atom. The van der Waals surface area contributed by atoms with Crippen LogP contribution in [0.3, 0.4) is 0 Å². The molecule has 0 radical (unpaired) electrons. The summed E-state index contributed by atoms with van der Waals surface area (Å²) in [5.41, 5.74) is 2.16. The number of esters is 1. The van der Waals surface area contributed by atoms with E-state index < -0.39 is 17.8 Å². The molecule has 9 nitrogen and oxygen atoms in total. The summed E-state index contributed by atoms with van der Waals surface area (Å²) in [5.74, 6) is -1.49. The zero-order valence-electron chi connectivity index (χ0n) is 19.9. The molecule has 3 aromatic rings. The van der Waals surface area contributed by atoms with Gasteiger partial charge < -0.3 is 20.1 Å². The van der Waals surface area contributed by atoms with Crippen LogP contribution >= 0.6 is 11.6 Å². The molecule has 0 atom stereocenters. The normalized spacial score (nSPS) is 13.0. The lowest BCUT2D eigenvalue weighted by Gasteiger charge is -2.16. The van der Waals surface area contributed by atoms with Crippen molar-refractivity contribution < 1.29 is 28.7 Å².